The summed E-state index contributed by atoms with van der Waals surface area (Å²) in [6, 6.07) is 6.76. The molecule has 0 atom stereocenters. The van der Waals surface area contributed by atoms with Gasteiger partial charge in [-0.2, -0.15) is 4.31 Å². The van der Waals surface area contributed by atoms with E-state index in [1.165, 1.54) is 29.6 Å². The molecule has 1 amide bonds. The Bertz CT molecular complexity index is 991. The standard InChI is InChI=1S/C18H18F2N2O5S/c1-26-17-5-3-13(28(24,25)22-6-8-27-9-7-22)11-16(17)21-18(23)12-2-4-14(19)15(20)10-12/h2-5,10-11H,6-9H2,1H3,(H,21,23). The quantitative estimate of drug-likeness (QED) is 0.814. The first-order chi connectivity index (χ1) is 13.3. The highest BCUT2D eigenvalue weighted by molar-refractivity contribution is 7.89. The molecule has 1 aliphatic heterocycles. The molecular weight excluding hydrogens is 394 g/mol. The van der Waals surface area contributed by atoms with Crippen molar-refractivity contribution in [3.63, 3.8) is 0 Å². The van der Waals surface area contributed by atoms with Gasteiger partial charge in [-0.1, -0.05) is 0 Å². The van der Waals surface area contributed by atoms with E-state index in [9.17, 15) is 22.0 Å². The number of anilines is 1. The van der Waals surface area contributed by atoms with Gasteiger partial charge < -0.3 is 14.8 Å². The topological polar surface area (TPSA) is 84.9 Å². The number of amides is 1. The number of benzene rings is 2. The molecule has 7 nitrogen and oxygen atoms in total. The second-order valence-corrected chi connectivity index (χ2v) is 7.90. The van der Waals surface area contributed by atoms with Crippen molar-refractivity contribution in [1.29, 1.82) is 0 Å². The highest BCUT2D eigenvalue weighted by Gasteiger charge is 2.27. The van der Waals surface area contributed by atoms with Crippen LogP contribution in [0.15, 0.2) is 41.3 Å². The molecule has 0 bridgehead atoms. The summed E-state index contributed by atoms with van der Waals surface area (Å²) in [7, 11) is -2.43. The lowest BCUT2D eigenvalue weighted by atomic mass is 10.2. The third-order valence-electron chi connectivity index (χ3n) is 4.21. The number of morpholine rings is 1. The zero-order chi connectivity index (χ0) is 20.3. The van der Waals surface area contributed by atoms with Crippen LogP contribution >= 0.6 is 0 Å². The zero-order valence-electron chi connectivity index (χ0n) is 14.9. The van der Waals surface area contributed by atoms with Crippen molar-refractivity contribution >= 4 is 21.6 Å². The summed E-state index contributed by atoms with van der Waals surface area (Å²) < 4.78 is 63.7. The van der Waals surface area contributed by atoms with Gasteiger partial charge in [0.1, 0.15) is 5.75 Å². The number of rotatable bonds is 5. The smallest absolute Gasteiger partial charge is 0.255 e. The molecule has 1 heterocycles. The van der Waals surface area contributed by atoms with E-state index in [-0.39, 0.29) is 35.0 Å². The first-order valence-corrected chi connectivity index (χ1v) is 9.79. The number of carbonyl (C=O) groups excluding carboxylic acids is 1. The fourth-order valence-electron chi connectivity index (χ4n) is 2.71. The van der Waals surface area contributed by atoms with Gasteiger partial charge in [0.2, 0.25) is 10.0 Å². The minimum Gasteiger partial charge on any atom is -0.495 e. The molecule has 0 radical (unpaired) electrons. The van der Waals surface area contributed by atoms with Crippen molar-refractivity contribution in [3.8, 4) is 5.75 Å². The van der Waals surface area contributed by atoms with E-state index in [1.54, 1.807) is 0 Å². The predicted molar refractivity (Wildman–Crippen MR) is 96.9 cm³/mol. The minimum absolute atomic E-state index is 0.0317. The fourth-order valence-corrected chi connectivity index (χ4v) is 4.15. The molecule has 3 rings (SSSR count). The Morgan fingerprint density at radius 3 is 2.46 bits per heavy atom. The van der Waals surface area contributed by atoms with Gasteiger partial charge in [-0.15, -0.1) is 0 Å². The monoisotopic (exact) mass is 412 g/mol. The Balaban J connectivity index is 1.90. The van der Waals surface area contributed by atoms with E-state index < -0.39 is 27.6 Å². The minimum atomic E-state index is -3.79. The van der Waals surface area contributed by atoms with E-state index in [1.807, 2.05) is 0 Å². The summed E-state index contributed by atoms with van der Waals surface area (Å²) in [5, 5.41) is 2.48. The maximum atomic E-state index is 13.4. The Morgan fingerprint density at radius 1 is 1.11 bits per heavy atom. The summed E-state index contributed by atoms with van der Waals surface area (Å²) in [6.07, 6.45) is 0. The summed E-state index contributed by atoms with van der Waals surface area (Å²) in [6.45, 7) is 1.06. The molecule has 0 spiro atoms. The van der Waals surface area contributed by atoms with Crippen LogP contribution in [0.2, 0.25) is 0 Å². The molecule has 1 aliphatic rings. The predicted octanol–water partition coefficient (Wildman–Crippen LogP) is 2.25. The van der Waals surface area contributed by atoms with Gasteiger partial charge in [-0.05, 0) is 36.4 Å². The molecule has 1 N–H and O–H groups in total. The number of nitrogens with zero attached hydrogens (tertiary/aromatic N) is 1. The van der Waals surface area contributed by atoms with E-state index >= 15 is 0 Å². The molecule has 1 fully saturated rings. The average molecular weight is 412 g/mol. The molecule has 0 saturated carbocycles. The largest absolute Gasteiger partial charge is 0.495 e. The molecule has 2 aromatic rings. The molecule has 0 aliphatic carbocycles. The van der Waals surface area contributed by atoms with Crippen LogP contribution in [0.1, 0.15) is 10.4 Å². The van der Waals surface area contributed by atoms with E-state index in [4.69, 9.17) is 9.47 Å². The van der Waals surface area contributed by atoms with Crippen molar-refractivity contribution in [2.75, 3.05) is 38.7 Å². The number of methoxy groups -OCH3 is 1. The summed E-state index contributed by atoms with van der Waals surface area (Å²) in [4.78, 5) is 12.3. The number of ether oxygens (including phenoxy) is 2. The Morgan fingerprint density at radius 2 is 1.82 bits per heavy atom. The van der Waals surface area contributed by atoms with E-state index in [0.717, 1.165) is 18.2 Å². The molecule has 0 unspecified atom stereocenters. The summed E-state index contributed by atoms with van der Waals surface area (Å²) >= 11 is 0. The molecule has 1 saturated heterocycles. The lowest BCUT2D eigenvalue weighted by Crippen LogP contribution is -2.40. The SMILES string of the molecule is COc1ccc(S(=O)(=O)N2CCOCC2)cc1NC(=O)c1ccc(F)c(F)c1. The van der Waals surface area contributed by atoms with Crippen molar-refractivity contribution in [2.24, 2.45) is 0 Å². The average Bonchev–Trinajstić information content (AvgIpc) is 2.70. The van der Waals surface area contributed by atoms with Gasteiger partial charge in [-0.3, -0.25) is 4.79 Å². The van der Waals surface area contributed by atoms with Crippen LogP contribution in [0.4, 0.5) is 14.5 Å². The molecular formula is C18H18F2N2O5S. The highest BCUT2D eigenvalue weighted by atomic mass is 32.2. The first kappa shape index (κ1) is 20.2. The van der Waals surface area contributed by atoms with Crippen LogP contribution in [-0.4, -0.2) is 52.0 Å². The maximum Gasteiger partial charge on any atom is 0.255 e. The second kappa shape index (κ2) is 8.21. The third-order valence-corrected chi connectivity index (χ3v) is 6.10. The third kappa shape index (κ3) is 4.13. The fraction of sp³-hybridized carbons (Fsp3) is 0.278. The number of halogens is 2. The molecule has 150 valence electrons. The number of nitrogens with one attached hydrogen (secondary N) is 1. The number of sulfonamides is 1. The van der Waals surface area contributed by atoms with Crippen LogP contribution < -0.4 is 10.1 Å². The highest BCUT2D eigenvalue weighted by Crippen LogP contribution is 2.29. The first-order valence-electron chi connectivity index (χ1n) is 8.35. The van der Waals surface area contributed by atoms with Gasteiger partial charge in [0.15, 0.2) is 11.6 Å². The zero-order valence-corrected chi connectivity index (χ0v) is 15.8. The van der Waals surface area contributed by atoms with E-state index in [2.05, 4.69) is 5.32 Å². The number of hydrogen-bond acceptors (Lipinski definition) is 5. The van der Waals surface area contributed by atoms with Gasteiger partial charge in [0.05, 0.1) is 30.9 Å². The maximum absolute atomic E-state index is 13.4. The Kier molecular flexibility index (Phi) is 5.92. The van der Waals surface area contributed by atoms with Gasteiger partial charge >= 0.3 is 0 Å². The van der Waals surface area contributed by atoms with Gasteiger partial charge in [-0.25, -0.2) is 17.2 Å². The Labute approximate surface area is 160 Å². The second-order valence-electron chi connectivity index (χ2n) is 5.96. The number of carbonyl (C=O) groups is 1. The van der Waals surface area contributed by atoms with Gasteiger partial charge in [0, 0.05) is 18.7 Å². The molecule has 0 aromatic heterocycles. The number of hydrogen-bond donors (Lipinski definition) is 1. The summed E-state index contributed by atoms with van der Waals surface area (Å²) in [5.41, 5.74) is -0.0334. The lowest BCUT2D eigenvalue weighted by Gasteiger charge is -2.26. The van der Waals surface area contributed by atoms with Crippen molar-refractivity contribution in [3.05, 3.63) is 53.6 Å². The lowest BCUT2D eigenvalue weighted by molar-refractivity contribution is 0.0730. The summed E-state index contributed by atoms with van der Waals surface area (Å²) in [5.74, 6) is -2.76. The molecule has 2 aromatic carbocycles. The van der Waals surface area contributed by atoms with Crippen LogP contribution in [0.25, 0.3) is 0 Å². The van der Waals surface area contributed by atoms with Crippen LogP contribution in [0.3, 0.4) is 0 Å². The van der Waals surface area contributed by atoms with Gasteiger partial charge in [0.25, 0.3) is 5.91 Å². The van der Waals surface area contributed by atoms with Crippen molar-refractivity contribution in [2.45, 2.75) is 4.90 Å². The van der Waals surface area contributed by atoms with Crippen LogP contribution in [-0.2, 0) is 14.8 Å². The molecule has 10 heteroatoms. The van der Waals surface area contributed by atoms with Crippen molar-refractivity contribution in [1.82, 2.24) is 4.31 Å². The van der Waals surface area contributed by atoms with Crippen LogP contribution in [0, 0.1) is 11.6 Å². The normalized spacial score (nSPS) is 15.2. The van der Waals surface area contributed by atoms with E-state index in [0.29, 0.717) is 13.2 Å². The van der Waals surface area contributed by atoms with Crippen LogP contribution in [0.5, 0.6) is 5.75 Å². The Hall–Kier alpha value is -2.56. The van der Waals surface area contributed by atoms with Crippen molar-refractivity contribution < 1.29 is 31.5 Å². The molecule has 28 heavy (non-hydrogen) atoms.